The first-order valence-corrected chi connectivity index (χ1v) is 15.4. The van der Waals surface area contributed by atoms with Crippen molar-refractivity contribution in [2.75, 3.05) is 16.0 Å². The van der Waals surface area contributed by atoms with Crippen molar-refractivity contribution in [1.29, 1.82) is 5.26 Å². The topological polar surface area (TPSA) is 94.0 Å². The number of thiocarbonyl (C=S) groups is 1. The number of Topliss-reactive ketones (excluding diaryl/α,β-unsaturated/α-hetero) is 1. The number of carbonyl (C=O) groups excluding carboxylic acids is 2. The second-order valence-corrected chi connectivity index (χ2v) is 14.0. The number of ketones is 1. The van der Waals surface area contributed by atoms with Crippen LogP contribution in [0.15, 0.2) is 53.4 Å². The molecular formula is C31H34N4O2S3. The van der Waals surface area contributed by atoms with Gasteiger partial charge in [-0.25, -0.2) is 0 Å². The summed E-state index contributed by atoms with van der Waals surface area (Å²) in [5.41, 5.74) is 4.17. The molecule has 0 bridgehead atoms. The maximum absolute atomic E-state index is 13.2. The van der Waals surface area contributed by atoms with E-state index in [1.54, 1.807) is 23.5 Å². The molecule has 0 saturated carbocycles. The van der Waals surface area contributed by atoms with Gasteiger partial charge in [-0.1, -0.05) is 26.8 Å². The Morgan fingerprint density at radius 3 is 2.45 bits per heavy atom. The summed E-state index contributed by atoms with van der Waals surface area (Å²) in [7, 11) is 0. The van der Waals surface area contributed by atoms with Crippen LogP contribution in [0.5, 0.6) is 0 Å². The number of thioether (sulfide) groups is 1. The van der Waals surface area contributed by atoms with Gasteiger partial charge >= 0.3 is 0 Å². The van der Waals surface area contributed by atoms with Gasteiger partial charge in [0.05, 0.1) is 10.8 Å². The van der Waals surface area contributed by atoms with E-state index in [1.165, 1.54) is 23.6 Å². The molecule has 208 valence electrons. The number of carbonyl (C=O) groups is 2. The van der Waals surface area contributed by atoms with E-state index in [0.29, 0.717) is 27.2 Å². The van der Waals surface area contributed by atoms with E-state index in [-0.39, 0.29) is 22.4 Å². The average molecular weight is 591 g/mol. The highest BCUT2D eigenvalue weighted by Crippen LogP contribution is 2.44. The van der Waals surface area contributed by atoms with Crippen LogP contribution in [0.2, 0.25) is 0 Å². The van der Waals surface area contributed by atoms with Crippen LogP contribution in [-0.2, 0) is 17.6 Å². The molecule has 0 saturated heterocycles. The maximum atomic E-state index is 13.2. The summed E-state index contributed by atoms with van der Waals surface area (Å²) in [6, 6.07) is 17.2. The van der Waals surface area contributed by atoms with Crippen LogP contribution in [0.3, 0.4) is 0 Å². The Labute approximate surface area is 250 Å². The van der Waals surface area contributed by atoms with E-state index in [1.807, 2.05) is 43.3 Å². The lowest BCUT2D eigenvalue weighted by atomic mass is 9.72. The highest BCUT2D eigenvalue weighted by molar-refractivity contribution is 8.00. The minimum Gasteiger partial charge on any atom is -0.332 e. The van der Waals surface area contributed by atoms with Gasteiger partial charge in [-0.2, -0.15) is 5.26 Å². The number of nitrogens with one attached hydrogen (secondary N) is 3. The summed E-state index contributed by atoms with van der Waals surface area (Å²) in [5.74, 6) is 0.454. The van der Waals surface area contributed by atoms with Gasteiger partial charge in [0.25, 0.3) is 0 Å². The second-order valence-electron chi connectivity index (χ2n) is 11.1. The van der Waals surface area contributed by atoms with Gasteiger partial charge in [0.15, 0.2) is 10.9 Å². The molecular weight excluding hydrogens is 557 g/mol. The van der Waals surface area contributed by atoms with Gasteiger partial charge in [0.1, 0.15) is 11.1 Å². The second kappa shape index (κ2) is 12.5. The van der Waals surface area contributed by atoms with Crippen molar-refractivity contribution < 1.29 is 9.59 Å². The molecule has 0 radical (unpaired) electrons. The molecule has 1 aliphatic rings. The minimum absolute atomic E-state index is 0.0127. The molecule has 3 aromatic rings. The first-order valence-electron chi connectivity index (χ1n) is 13.3. The van der Waals surface area contributed by atoms with E-state index in [2.05, 4.69) is 42.8 Å². The molecule has 0 spiro atoms. The van der Waals surface area contributed by atoms with E-state index in [0.717, 1.165) is 41.1 Å². The zero-order chi connectivity index (χ0) is 29.0. The lowest BCUT2D eigenvalue weighted by Crippen LogP contribution is -2.26. The molecule has 4 rings (SSSR count). The van der Waals surface area contributed by atoms with Crippen LogP contribution in [0.25, 0.3) is 0 Å². The summed E-state index contributed by atoms with van der Waals surface area (Å²) in [6.07, 6.45) is 2.91. The predicted octanol–water partition coefficient (Wildman–Crippen LogP) is 7.90. The van der Waals surface area contributed by atoms with Crippen LogP contribution in [0.4, 0.5) is 16.4 Å². The largest absolute Gasteiger partial charge is 0.332 e. The van der Waals surface area contributed by atoms with E-state index in [4.69, 9.17) is 12.2 Å². The Hall–Kier alpha value is -3.19. The molecule has 40 heavy (non-hydrogen) atoms. The van der Waals surface area contributed by atoms with Crippen molar-refractivity contribution in [1.82, 2.24) is 0 Å². The van der Waals surface area contributed by atoms with E-state index < -0.39 is 0 Å². The summed E-state index contributed by atoms with van der Waals surface area (Å²) < 4.78 is 0. The molecule has 3 N–H and O–H groups in total. The van der Waals surface area contributed by atoms with Crippen LogP contribution in [0.1, 0.15) is 67.4 Å². The van der Waals surface area contributed by atoms with Crippen molar-refractivity contribution >= 4 is 68.5 Å². The van der Waals surface area contributed by atoms with Crippen molar-refractivity contribution in [2.45, 2.75) is 64.0 Å². The number of nitriles is 1. The minimum atomic E-state index is -0.367. The lowest BCUT2D eigenvalue weighted by Gasteiger charge is -2.33. The number of fused-ring (bicyclic) bond motifs is 1. The van der Waals surface area contributed by atoms with Crippen LogP contribution in [-0.4, -0.2) is 22.1 Å². The van der Waals surface area contributed by atoms with Crippen molar-refractivity contribution in [2.24, 2.45) is 11.3 Å². The molecule has 1 amide bonds. The standard InChI is InChI=1S/C31H34N4O2S3/c1-18(36)20-9-12-22(13-10-20)33-30(38)34-23-7-6-8-24(16-23)39-19(2)28(37)35-29-26(17-32)25-14-11-21(31(3,4)5)15-27(25)40-29/h6-10,12-13,16,19,21H,11,14-15H2,1-5H3,(H,35,37)(H2,33,34,38). The molecule has 1 aromatic heterocycles. The molecule has 0 aliphatic heterocycles. The number of benzene rings is 2. The van der Waals surface area contributed by atoms with Crippen molar-refractivity contribution in [3.63, 3.8) is 0 Å². The number of rotatable bonds is 7. The number of thiophene rings is 1. The molecule has 0 fully saturated rings. The third kappa shape index (κ3) is 7.30. The molecule has 1 heterocycles. The maximum Gasteiger partial charge on any atom is 0.238 e. The van der Waals surface area contributed by atoms with E-state index in [9.17, 15) is 14.9 Å². The normalized spacial score (nSPS) is 15.3. The van der Waals surface area contributed by atoms with Gasteiger partial charge in [0.2, 0.25) is 5.91 Å². The highest BCUT2D eigenvalue weighted by atomic mass is 32.2. The van der Waals surface area contributed by atoms with E-state index >= 15 is 0 Å². The average Bonchev–Trinajstić information content (AvgIpc) is 3.24. The molecule has 1 aliphatic carbocycles. The van der Waals surface area contributed by atoms with Crippen LogP contribution in [0, 0.1) is 22.7 Å². The highest BCUT2D eigenvalue weighted by Gasteiger charge is 2.32. The van der Waals surface area contributed by atoms with Gasteiger partial charge in [-0.3, -0.25) is 9.59 Å². The van der Waals surface area contributed by atoms with Crippen LogP contribution < -0.4 is 16.0 Å². The lowest BCUT2D eigenvalue weighted by molar-refractivity contribution is -0.115. The Kier molecular flexibility index (Phi) is 9.34. The number of anilines is 3. The number of amides is 1. The smallest absolute Gasteiger partial charge is 0.238 e. The predicted molar refractivity (Wildman–Crippen MR) is 171 cm³/mol. The zero-order valence-corrected chi connectivity index (χ0v) is 25.8. The number of hydrogen-bond donors (Lipinski definition) is 3. The van der Waals surface area contributed by atoms with Crippen LogP contribution >= 0.6 is 35.3 Å². The fourth-order valence-electron chi connectivity index (χ4n) is 4.73. The first kappa shape index (κ1) is 29.8. The Balaban J connectivity index is 1.36. The van der Waals surface area contributed by atoms with Crippen molar-refractivity contribution in [3.8, 4) is 6.07 Å². The summed E-state index contributed by atoms with van der Waals surface area (Å²) in [4.78, 5) is 26.8. The van der Waals surface area contributed by atoms with Crippen molar-refractivity contribution in [3.05, 3.63) is 70.1 Å². The third-order valence-electron chi connectivity index (χ3n) is 7.16. The molecule has 2 unspecified atom stereocenters. The molecule has 9 heteroatoms. The fraction of sp³-hybridized carbons (Fsp3) is 0.355. The quantitative estimate of drug-likeness (QED) is 0.146. The van der Waals surface area contributed by atoms with Gasteiger partial charge in [0, 0.05) is 26.7 Å². The molecule has 2 atom stereocenters. The zero-order valence-electron chi connectivity index (χ0n) is 23.4. The molecule has 2 aromatic carbocycles. The molecule has 6 nitrogen and oxygen atoms in total. The Morgan fingerprint density at radius 2 is 1.80 bits per heavy atom. The summed E-state index contributed by atoms with van der Waals surface area (Å²) in [5, 5.41) is 19.9. The van der Waals surface area contributed by atoms with Gasteiger partial charge in [-0.05, 0) is 105 Å². The Morgan fingerprint density at radius 1 is 1.10 bits per heavy atom. The van der Waals surface area contributed by atoms with Gasteiger partial charge < -0.3 is 16.0 Å². The van der Waals surface area contributed by atoms with Gasteiger partial charge in [-0.15, -0.1) is 23.1 Å². The number of hydrogen-bond acceptors (Lipinski definition) is 6. The summed E-state index contributed by atoms with van der Waals surface area (Å²) >= 11 is 8.46. The summed E-state index contributed by atoms with van der Waals surface area (Å²) in [6.45, 7) is 10.2. The first-order chi connectivity index (χ1) is 18.9. The third-order valence-corrected chi connectivity index (χ3v) is 9.63. The Bertz CT molecular complexity index is 1470. The SMILES string of the molecule is CC(=O)c1ccc(NC(=S)Nc2cccc(SC(C)C(=O)Nc3sc4c(c3C#N)CCC(C(C)(C)C)C4)c2)cc1. The monoisotopic (exact) mass is 590 g/mol. The number of nitrogens with zero attached hydrogens (tertiary/aromatic N) is 1. The fourth-order valence-corrected chi connectivity index (χ4v) is 7.17.